The molecule has 2 aromatic carbocycles. The van der Waals surface area contributed by atoms with Gasteiger partial charge in [-0.3, -0.25) is 19.9 Å². The monoisotopic (exact) mass is 409 g/mol. The van der Waals surface area contributed by atoms with E-state index in [1.54, 1.807) is 12.1 Å². The van der Waals surface area contributed by atoms with Gasteiger partial charge in [-0.25, -0.2) is 9.69 Å². The van der Waals surface area contributed by atoms with Crippen LogP contribution in [0.5, 0.6) is 0 Å². The largest absolute Gasteiger partial charge is 0.370 e. The minimum atomic E-state index is -1.11. The zero-order chi connectivity index (χ0) is 20.9. The Hall–Kier alpha value is -3.10. The Bertz CT molecular complexity index is 979. The van der Waals surface area contributed by atoms with Gasteiger partial charge in [0.1, 0.15) is 13.1 Å². The minimum absolute atomic E-state index is 0.456. The maximum Gasteiger partial charge on any atom is 0.335 e. The third-order valence-electron chi connectivity index (χ3n) is 5.48. The molecule has 4 rings (SSSR count). The van der Waals surface area contributed by atoms with Gasteiger partial charge in [0.15, 0.2) is 5.92 Å². The molecule has 1 atom stereocenters. The molecule has 2 aromatic rings. The van der Waals surface area contributed by atoms with Crippen LogP contribution in [0.2, 0.25) is 0 Å². The molecule has 0 spiro atoms. The van der Waals surface area contributed by atoms with Crippen molar-refractivity contribution in [1.29, 1.82) is 0 Å². The van der Waals surface area contributed by atoms with Crippen molar-refractivity contribution in [3.8, 4) is 0 Å². The van der Waals surface area contributed by atoms with Crippen LogP contribution < -0.4 is 15.1 Å². The fraction of sp³-hybridized carbons (Fsp3) is 0.364. The number of benzene rings is 2. The number of amides is 4. The molecule has 8 nitrogen and oxygen atoms in total. The van der Waals surface area contributed by atoms with E-state index < -0.39 is 23.8 Å². The number of aliphatic imine (C=N–C) groups is 1. The molecule has 0 unspecified atom stereocenters. The Morgan fingerprint density at radius 1 is 1.10 bits per heavy atom. The van der Waals surface area contributed by atoms with E-state index in [0.29, 0.717) is 12.2 Å². The molecule has 0 aliphatic carbocycles. The smallest absolute Gasteiger partial charge is 0.335 e. The van der Waals surface area contributed by atoms with Gasteiger partial charge >= 0.3 is 6.03 Å². The van der Waals surface area contributed by atoms with Gasteiger partial charge < -0.3 is 9.64 Å². The van der Waals surface area contributed by atoms with Crippen LogP contribution in [-0.4, -0.2) is 63.5 Å². The second-order valence-electron chi connectivity index (χ2n) is 7.47. The highest BCUT2D eigenvalue weighted by Crippen LogP contribution is 2.29. The molecule has 30 heavy (non-hydrogen) atoms. The van der Waals surface area contributed by atoms with Gasteiger partial charge in [-0.05, 0) is 11.5 Å². The summed E-state index contributed by atoms with van der Waals surface area (Å²) in [5, 5.41) is 3.96. The van der Waals surface area contributed by atoms with Gasteiger partial charge in [0, 0.05) is 24.6 Å². The summed E-state index contributed by atoms with van der Waals surface area (Å²) in [7, 11) is 0. The molecular weight excluding hydrogens is 384 g/mol. The van der Waals surface area contributed by atoms with E-state index in [2.05, 4.69) is 10.3 Å². The number of ether oxygens (including phenoxy) is 1. The Morgan fingerprint density at radius 3 is 2.70 bits per heavy atom. The first-order valence-electron chi connectivity index (χ1n) is 10.2. The predicted molar refractivity (Wildman–Crippen MR) is 113 cm³/mol. The zero-order valence-corrected chi connectivity index (χ0v) is 16.7. The van der Waals surface area contributed by atoms with Crippen LogP contribution in [0.1, 0.15) is 6.42 Å². The van der Waals surface area contributed by atoms with Crippen LogP contribution in [0, 0.1) is 5.92 Å². The number of rotatable bonds is 6. The number of imide groups is 2. The number of barbiturate groups is 1. The maximum absolute atomic E-state index is 13.0. The van der Waals surface area contributed by atoms with Crippen LogP contribution in [0.15, 0.2) is 47.5 Å². The van der Waals surface area contributed by atoms with Crippen molar-refractivity contribution in [2.45, 2.75) is 6.42 Å². The summed E-state index contributed by atoms with van der Waals surface area (Å²) in [6.45, 7) is 5.07. The van der Waals surface area contributed by atoms with Crippen molar-refractivity contribution in [2.24, 2.45) is 10.9 Å². The molecule has 8 heteroatoms. The first-order chi connectivity index (χ1) is 14.6. The lowest BCUT2D eigenvalue weighted by atomic mass is 10.0. The zero-order valence-electron chi connectivity index (χ0n) is 16.7. The number of quaternary nitrogens is 1. The molecule has 2 fully saturated rings. The number of carbonyl (C=O) groups excluding carboxylic acids is 3. The fourth-order valence-electron chi connectivity index (χ4n) is 3.86. The number of morpholine rings is 1. The molecule has 2 N–H and O–H groups in total. The van der Waals surface area contributed by atoms with Crippen molar-refractivity contribution in [1.82, 2.24) is 5.32 Å². The minimum Gasteiger partial charge on any atom is -0.370 e. The number of carbonyl (C=O) groups is 3. The molecule has 0 saturated carbocycles. The Kier molecular flexibility index (Phi) is 6.15. The SMILES string of the molecule is O=C1NC(=O)N(c2cccc3ccccc23)C(=O)[C@@H]1C=NCCC[NH+]1CCOCC1. The molecule has 2 heterocycles. The van der Waals surface area contributed by atoms with E-state index in [4.69, 9.17) is 4.74 Å². The highest BCUT2D eigenvalue weighted by molar-refractivity contribution is 6.33. The number of hydrogen-bond acceptors (Lipinski definition) is 5. The van der Waals surface area contributed by atoms with Crippen molar-refractivity contribution in [3.63, 3.8) is 0 Å². The molecule has 0 radical (unpaired) electrons. The highest BCUT2D eigenvalue weighted by Gasteiger charge is 2.40. The summed E-state index contributed by atoms with van der Waals surface area (Å²) < 4.78 is 5.35. The van der Waals surface area contributed by atoms with Crippen molar-refractivity contribution in [2.75, 3.05) is 44.3 Å². The lowest BCUT2D eigenvalue weighted by Gasteiger charge is -2.29. The Balaban J connectivity index is 1.45. The standard InChI is InChI=1S/C22H24N4O4/c27-20-18(15-23-9-4-10-25-11-13-30-14-12-25)21(28)26(22(29)24-20)19-8-3-6-16-5-1-2-7-17(16)19/h1-3,5-8,15,18H,4,9-14H2,(H,24,27,29)/p+1/t18-/m1/s1. The van der Waals surface area contributed by atoms with Gasteiger partial charge in [0.05, 0.1) is 25.4 Å². The van der Waals surface area contributed by atoms with Crippen LogP contribution in [0.4, 0.5) is 10.5 Å². The first kappa shape index (κ1) is 20.2. The van der Waals surface area contributed by atoms with Crippen LogP contribution in [-0.2, 0) is 14.3 Å². The number of nitrogens with one attached hydrogen (secondary N) is 2. The van der Waals surface area contributed by atoms with Gasteiger partial charge in [-0.15, -0.1) is 0 Å². The van der Waals surface area contributed by atoms with Crippen molar-refractivity contribution < 1.29 is 24.0 Å². The first-order valence-corrected chi connectivity index (χ1v) is 10.2. The topological polar surface area (TPSA) is 92.5 Å². The molecule has 0 bridgehead atoms. The quantitative estimate of drug-likeness (QED) is 0.411. The van der Waals surface area contributed by atoms with Crippen LogP contribution in [0.3, 0.4) is 0 Å². The normalized spacial score (nSPS) is 20.9. The van der Waals surface area contributed by atoms with E-state index in [1.165, 1.54) is 11.1 Å². The average Bonchev–Trinajstić information content (AvgIpc) is 2.76. The summed E-state index contributed by atoms with van der Waals surface area (Å²) in [6.07, 6.45) is 2.23. The van der Waals surface area contributed by atoms with Gasteiger partial charge in [0.2, 0.25) is 5.91 Å². The van der Waals surface area contributed by atoms with Gasteiger partial charge in [0.25, 0.3) is 5.91 Å². The second kappa shape index (κ2) is 9.15. The fourth-order valence-corrected chi connectivity index (χ4v) is 3.86. The summed E-state index contributed by atoms with van der Waals surface area (Å²) in [4.78, 5) is 44.6. The molecule has 156 valence electrons. The van der Waals surface area contributed by atoms with Crippen LogP contribution in [0.25, 0.3) is 10.8 Å². The number of fused-ring (bicyclic) bond motifs is 1. The lowest BCUT2D eigenvalue weighted by molar-refractivity contribution is -0.908. The van der Waals surface area contributed by atoms with Crippen LogP contribution >= 0.6 is 0 Å². The Morgan fingerprint density at radius 2 is 1.87 bits per heavy atom. The average molecular weight is 409 g/mol. The summed E-state index contributed by atoms with van der Waals surface area (Å²) in [5.41, 5.74) is 0.456. The summed E-state index contributed by atoms with van der Waals surface area (Å²) in [6, 6.07) is 12.2. The lowest BCUT2D eigenvalue weighted by Crippen LogP contribution is -3.14. The van der Waals surface area contributed by atoms with E-state index in [1.807, 2.05) is 30.3 Å². The molecular formula is C22H25N4O4+. The van der Waals surface area contributed by atoms with E-state index >= 15 is 0 Å². The maximum atomic E-state index is 13.0. The third-order valence-corrected chi connectivity index (χ3v) is 5.48. The van der Waals surface area contributed by atoms with E-state index in [-0.39, 0.29) is 0 Å². The second-order valence-corrected chi connectivity index (χ2v) is 7.47. The number of hydrogen-bond donors (Lipinski definition) is 2. The number of urea groups is 1. The molecule has 4 amide bonds. The van der Waals surface area contributed by atoms with E-state index in [0.717, 1.165) is 54.9 Å². The molecule has 0 aromatic heterocycles. The molecule has 2 aliphatic heterocycles. The van der Waals surface area contributed by atoms with Gasteiger partial charge in [-0.2, -0.15) is 0 Å². The summed E-state index contributed by atoms with van der Waals surface area (Å²) >= 11 is 0. The Labute approximate surface area is 174 Å². The van der Waals surface area contributed by atoms with E-state index in [9.17, 15) is 14.4 Å². The highest BCUT2D eigenvalue weighted by atomic mass is 16.5. The predicted octanol–water partition coefficient (Wildman–Crippen LogP) is 0.415. The number of nitrogens with zero attached hydrogens (tertiary/aromatic N) is 2. The van der Waals surface area contributed by atoms with Crippen molar-refractivity contribution >= 4 is 40.5 Å². The summed E-state index contributed by atoms with van der Waals surface area (Å²) in [5.74, 6) is -2.33. The van der Waals surface area contributed by atoms with Gasteiger partial charge in [-0.1, -0.05) is 36.4 Å². The number of anilines is 1. The third kappa shape index (κ3) is 4.24. The molecule has 2 aliphatic rings. The molecule has 2 saturated heterocycles. The van der Waals surface area contributed by atoms with Crippen molar-refractivity contribution in [3.05, 3.63) is 42.5 Å².